The van der Waals surface area contributed by atoms with E-state index in [1.807, 2.05) is 0 Å². The minimum Gasteiger partial charge on any atom is -0.146 e. The van der Waals surface area contributed by atoms with Crippen LogP contribution in [0.5, 0.6) is 0 Å². The first-order valence-electron chi connectivity index (χ1n) is 14.9. The summed E-state index contributed by atoms with van der Waals surface area (Å²) in [6.07, 6.45) is 0. The van der Waals surface area contributed by atoms with Crippen molar-refractivity contribution in [2.75, 3.05) is 0 Å². The molecule has 1 aliphatic rings. The molecule has 1 heteroatoms. The summed E-state index contributed by atoms with van der Waals surface area (Å²) in [7, 11) is 0. The number of fused-ring (bicyclic) bond motifs is 7. The summed E-state index contributed by atoms with van der Waals surface area (Å²) >= 11 is 0. The first-order valence-corrected chi connectivity index (χ1v) is 14.9. The third kappa shape index (κ3) is 4.25. The van der Waals surface area contributed by atoms with E-state index in [1.54, 1.807) is 0 Å². The zero-order valence-corrected chi connectivity index (χ0v) is 26.1. The zero-order chi connectivity index (χ0) is 28.5. The van der Waals surface area contributed by atoms with Crippen LogP contribution in [0.25, 0.3) is 88.0 Å². The van der Waals surface area contributed by atoms with Crippen LogP contribution in [0.4, 0.5) is 0 Å². The predicted molar refractivity (Wildman–Crippen MR) is 183 cm³/mol. The van der Waals surface area contributed by atoms with E-state index >= 15 is 0 Å². The molecular formula is C43H27Ho-. The van der Waals surface area contributed by atoms with Gasteiger partial charge in [0.1, 0.15) is 0 Å². The summed E-state index contributed by atoms with van der Waals surface area (Å²) in [5, 5.41) is 7.79. The van der Waals surface area contributed by atoms with Crippen LogP contribution < -0.4 is 0 Å². The van der Waals surface area contributed by atoms with Crippen molar-refractivity contribution < 1.29 is 37.7 Å². The van der Waals surface area contributed by atoms with Crippen molar-refractivity contribution in [1.29, 1.82) is 0 Å². The molecule has 211 valence electrons. The van der Waals surface area contributed by atoms with E-state index in [0.717, 1.165) is 0 Å². The second-order valence-electron chi connectivity index (χ2n) is 11.7. The van der Waals surface area contributed by atoms with Gasteiger partial charge in [0.05, 0.1) is 0 Å². The third-order valence-electron chi connectivity index (χ3n) is 9.12. The molecule has 44 heavy (non-hydrogen) atoms. The number of hydrogen-bond donors (Lipinski definition) is 0. The van der Waals surface area contributed by atoms with Gasteiger partial charge in [-0.2, -0.15) is 0 Å². The van der Waals surface area contributed by atoms with Gasteiger partial charge in [-0.1, -0.05) is 142 Å². The maximum absolute atomic E-state index is 3.58. The molecule has 0 bridgehead atoms. The molecule has 0 aliphatic heterocycles. The molecule has 1 aliphatic carbocycles. The Labute approximate surface area is 287 Å². The minimum absolute atomic E-state index is 0. The Morgan fingerprint density at radius 3 is 1.68 bits per heavy atom. The van der Waals surface area contributed by atoms with Crippen LogP contribution in [-0.2, 0) is 0 Å². The molecule has 1 radical (unpaired) electrons. The smallest absolute Gasteiger partial charge is 0 e. The van der Waals surface area contributed by atoms with Crippen LogP contribution in [0.3, 0.4) is 0 Å². The SMILES string of the molecule is Cc1ccc2c(c1)c(-c1cc(-c3ccccc3)cc(-c3ccccc3)c1)cc1c3cc[c-]c4c3c(cc21)-c1ccccc1-4.[Ho]. The largest absolute Gasteiger partial charge is 0.146 e. The summed E-state index contributed by atoms with van der Waals surface area (Å²) < 4.78 is 0. The molecule has 8 aromatic carbocycles. The van der Waals surface area contributed by atoms with E-state index < -0.39 is 0 Å². The van der Waals surface area contributed by atoms with Crippen LogP contribution in [0, 0.1) is 50.7 Å². The van der Waals surface area contributed by atoms with Crippen LogP contribution in [0.2, 0.25) is 0 Å². The topological polar surface area (TPSA) is 0 Å². The van der Waals surface area contributed by atoms with Crippen LogP contribution in [0.1, 0.15) is 5.56 Å². The van der Waals surface area contributed by atoms with Gasteiger partial charge in [0, 0.05) is 37.7 Å². The Hall–Kier alpha value is -4.20. The van der Waals surface area contributed by atoms with E-state index in [-0.39, 0.29) is 37.7 Å². The zero-order valence-electron chi connectivity index (χ0n) is 24.2. The second kappa shape index (κ2) is 10.8. The van der Waals surface area contributed by atoms with Crippen molar-refractivity contribution in [3.05, 3.63) is 157 Å². The molecule has 0 saturated carbocycles. The number of rotatable bonds is 3. The summed E-state index contributed by atoms with van der Waals surface area (Å²) in [4.78, 5) is 0. The quantitative estimate of drug-likeness (QED) is 0.0974. The average Bonchev–Trinajstić information content (AvgIpc) is 3.39. The molecule has 8 aromatic rings. The molecule has 0 fully saturated rings. The molecular weight excluding hydrogens is 681 g/mol. The van der Waals surface area contributed by atoms with Crippen molar-refractivity contribution in [2.24, 2.45) is 0 Å². The van der Waals surface area contributed by atoms with E-state index in [4.69, 9.17) is 0 Å². The van der Waals surface area contributed by atoms with E-state index in [0.29, 0.717) is 0 Å². The Kier molecular flexibility index (Phi) is 6.69. The summed E-state index contributed by atoms with van der Waals surface area (Å²) in [5.41, 5.74) is 13.8. The molecule has 0 heterocycles. The van der Waals surface area contributed by atoms with Gasteiger partial charge in [0.2, 0.25) is 0 Å². The maximum Gasteiger partial charge on any atom is 0 e. The van der Waals surface area contributed by atoms with Crippen molar-refractivity contribution in [3.8, 4) is 55.6 Å². The van der Waals surface area contributed by atoms with Crippen molar-refractivity contribution in [1.82, 2.24) is 0 Å². The fraction of sp³-hybridized carbons (Fsp3) is 0.0233. The average molecular weight is 709 g/mol. The van der Waals surface area contributed by atoms with Crippen molar-refractivity contribution in [3.63, 3.8) is 0 Å². The van der Waals surface area contributed by atoms with Crippen LogP contribution in [0.15, 0.2) is 146 Å². The normalized spacial score (nSPS) is 11.6. The molecule has 9 rings (SSSR count). The molecule has 0 aromatic heterocycles. The van der Waals surface area contributed by atoms with Crippen LogP contribution in [-0.4, -0.2) is 0 Å². The van der Waals surface area contributed by atoms with Gasteiger partial charge in [0.25, 0.3) is 0 Å². The van der Waals surface area contributed by atoms with Gasteiger partial charge >= 0.3 is 0 Å². The predicted octanol–water partition coefficient (Wildman–Crippen LogP) is 11.9. The van der Waals surface area contributed by atoms with Gasteiger partial charge in [-0.25, -0.2) is 0 Å². The van der Waals surface area contributed by atoms with Gasteiger partial charge in [0.15, 0.2) is 0 Å². The van der Waals surface area contributed by atoms with Gasteiger partial charge in [-0.05, 0) is 86.1 Å². The number of hydrogen-bond acceptors (Lipinski definition) is 0. The Bertz CT molecular complexity index is 2330. The minimum atomic E-state index is 0. The first kappa shape index (κ1) is 27.4. The number of benzene rings is 8. The van der Waals surface area contributed by atoms with E-state index in [2.05, 4.69) is 159 Å². The third-order valence-corrected chi connectivity index (χ3v) is 9.12. The summed E-state index contributed by atoms with van der Waals surface area (Å²) in [6.45, 7) is 2.20. The Morgan fingerprint density at radius 2 is 0.977 bits per heavy atom. The van der Waals surface area contributed by atoms with Gasteiger partial charge < -0.3 is 0 Å². The van der Waals surface area contributed by atoms with Crippen molar-refractivity contribution in [2.45, 2.75) is 6.92 Å². The molecule has 0 amide bonds. The molecule has 0 nitrogen and oxygen atoms in total. The van der Waals surface area contributed by atoms with E-state index in [9.17, 15) is 0 Å². The number of aryl methyl sites for hydroxylation is 1. The molecule has 0 spiro atoms. The fourth-order valence-electron chi connectivity index (χ4n) is 7.14. The van der Waals surface area contributed by atoms with Crippen LogP contribution >= 0.6 is 0 Å². The molecule has 0 N–H and O–H groups in total. The van der Waals surface area contributed by atoms with Gasteiger partial charge in [-0.3, -0.25) is 0 Å². The molecule has 0 atom stereocenters. The standard InChI is InChI=1S/C43H27.Ho/c1-27-19-20-35-39(21-27)38(32-23-30(28-11-4-2-5-12-28)22-31(24-32)29-13-6-3-7-14-29)25-41-37-18-10-17-36-33-15-8-9-16-34(33)42(43(36)37)26-40(35)41;/h2-16,18-26H,1H3;/q-1;. The Morgan fingerprint density at radius 1 is 0.386 bits per heavy atom. The molecule has 0 saturated heterocycles. The fourth-order valence-corrected chi connectivity index (χ4v) is 7.14. The van der Waals surface area contributed by atoms with Crippen molar-refractivity contribution >= 4 is 32.3 Å². The summed E-state index contributed by atoms with van der Waals surface area (Å²) in [6, 6.07) is 57.1. The van der Waals surface area contributed by atoms with E-state index in [1.165, 1.54) is 93.5 Å². The monoisotopic (exact) mass is 708 g/mol. The molecule has 0 unspecified atom stereocenters. The maximum atomic E-state index is 3.58. The van der Waals surface area contributed by atoms with Gasteiger partial charge in [-0.15, -0.1) is 23.8 Å². The first-order chi connectivity index (χ1) is 21.2. The second-order valence-corrected chi connectivity index (χ2v) is 11.7. The Balaban J connectivity index is 0.00000289. The summed E-state index contributed by atoms with van der Waals surface area (Å²) in [5.74, 6) is 0.